The summed E-state index contributed by atoms with van der Waals surface area (Å²) in [6, 6.07) is 3.85. The van der Waals surface area contributed by atoms with Crippen molar-refractivity contribution >= 4 is 32.2 Å². The van der Waals surface area contributed by atoms with Crippen molar-refractivity contribution in [1.82, 2.24) is 0 Å². The van der Waals surface area contributed by atoms with Gasteiger partial charge in [-0.25, -0.2) is 4.99 Å². The molecular weight excluding hydrogens is 338 g/mol. The Morgan fingerprint density at radius 3 is 2.43 bits per heavy atom. The van der Waals surface area contributed by atoms with Crippen molar-refractivity contribution in [3.63, 3.8) is 0 Å². The molecule has 0 aliphatic carbocycles. The maximum atomic E-state index is 12.0. The minimum absolute atomic E-state index is 0.152. The minimum Gasteiger partial charge on any atom is -0.368 e. The van der Waals surface area contributed by atoms with Crippen LogP contribution in [0, 0.1) is 39.4 Å². The summed E-state index contributed by atoms with van der Waals surface area (Å²) >= 11 is 3.14. The number of amides is 1. The molecule has 21 heavy (non-hydrogen) atoms. The minimum atomic E-state index is -1.77. The van der Waals surface area contributed by atoms with Crippen molar-refractivity contribution in [1.29, 1.82) is 10.5 Å². The Kier molecular flexibility index (Phi) is 4.75. The Hall–Kier alpha value is -1.93. The van der Waals surface area contributed by atoms with E-state index in [1.54, 1.807) is 27.7 Å². The number of carbonyl (C=O) groups is 1. The Morgan fingerprint density at radius 2 is 2.05 bits per heavy atom. The van der Waals surface area contributed by atoms with E-state index in [9.17, 15) is 15.3 Å². The van der Waals surface area contributed by atoms with Gasteiger partial charge in [0.25, 0.3) is 0 Å². The zero-order valence-corrected chi connectivity index (χ0v) is 13.8. The molecule has 0 aromatic carbocycles. The summed E-state index contributed by atoms with van der Waals surface area (Å²) in [6.45, 7) is 6.69. The van der Waals surface area contributed by atoms with E-state index in [1.807, 2.05) is 12.1 Å². The number of primary amides is 1. The van der Waals surface area contributed by atoms with Gasteiger partial charge in [-0.1, -0.05) is 19.0 Å². The van der Waals surface area contributed by atoms with E-state index in [-0.39, 0.29) is 4.62 Å². The van der Waals surface area contributed by atoms with Crippen molar-refractivity contribution in [2.75, 3.05) is 0 Å². The molecule has 1 amide bonds. The smallest absolute Gasteiger partial charge is 0.240 e. The Bertz CT molecular complexity index is 595. The first-order chi connectivity index (χ1) is 9.65. The van der Waals surface area contributed by atoms with Crippen molar-refractivity contribution in [3.05, 3.63) is 0 Å². The van der Waals surface area contributed by atoms with Gasteiger partial charge >= 0.3 is 0 Å². The highest BCUT2D eigenvalue weighted by atomic mass is 79.9. The third-order valence-corrected chi connectivity index (χ3v) is 4.24. The van der Waals surface area contributed by atoms with Crippen LogP contribution in [0.2, 0.25) is 0 Å². The van der Waals surface area contributed by atoms with Gasteiger partial charge in [-0.2, -0.15) is 10.5 Å². The molecule has 1 rings (SSSR count). The van der Waals surface area contributed by atoms with Gasteiger partial charge in [0, 0.05) is 0 Å². The molecule has 0 aromatic rings. The zero-order valence-electron chi connectivity index (χ0n) is 12.2. The number of halogens is 1. The molecule has 0 bridgehead atoms. The summed E-state index contributed by atoms with van der Waals surface area (Å²) in [7, 11) is 0. The van der Waals surface area contributed by atoms with Crippen molar-refractivity contribution in [2.24, 2.45) is 32.6 Å². The highest BCUT2D eigenvalue weighted by Gasteiger charge is 2.64. The number of nitrogens with zero attached hydrogens (tertiary/aromatic N) is 4. The maximum Gasteiger partial charge on any atom is 0.240 e. The van der Waals surface area contributed by atoms with Gasteiger partial charge in [0.15, 0.2) is 5.41 Å². The third kappa shape index (κ3) is 2.52. The maximum absolute atomic E-state index is 12.0. The molecule has 0 unspecified atom stereocenters. The summed E-state index contributed by atoms with van der Waals surface area (Å²) in [4.78, 5) is 21.5. The van der Waals surface area contributed by atoms with Crippen LogP contribution in [-0.2, 0) is 9.63 Å². The summed E-state index contributed by atoms with van der Waals surface area (Å²) in [6.07, 6.45) is -0.918. The molecule has 1 aliphatic rings. The van der Waals surface area contributed by atoms with E-state index in [0.29, 0.717) is 5.71 Å². The van der Waals surface area contributed by atoms with E-state index in [2.05, 4.69) is 26.1 Å². The van der Waals surface area contributed by atoms with Crippen molar-refractivity contribution in [2.45, 2.75) is 33.9 Å². The number of oxime groups is 1. The fourth-order valence-electron chi connectivity index (χ4n) is 2.28. The van der Waals surface area contributed by atoms with Gasteiger partial charge in [-0.3, -0.25) is 4.79 Å². The largest absolute Gasteiger partial charge is 0.368 e. The number of hydrogen-bond acceptors (Lipinski definition) is 6. The number of rotatable bonds is 3. The fraction of sp³-hybridized carbons (Fsp3) is 0.615. The van der Waals surface area contributed by atoms with Crippen molar-refractivity contribution < 1.29 is 9.63 Å². The van der Waals surface area contributed by atoms with Gasteiger partial charge in [0.1, 0.15) is 10.5 Å². The van der Waals surface area contributed by atoms with E-state index >= 15 is 0 Å². The SMILES string of the molecule is CC(C)=NO[C@H]1N=C(Br)[C@@H](C#N)[C@@](C#N)(C(N)=O)C1(C)C. The molecule has 0 fully saturated rings. The van der Waals surface area contributed by atoms with Gasteiger partial charge in [-0.05, 0) is 29.8 Å². The van der Waals surface area contributed by atoms with Crippen molar-refractivity contribution in [3.8, 4) is 12.1 Å². The first-order valence-corrected chi connectivity index (χ1v) is 6.95. The van der Waals surface area contributed by atoms with Gasteiger partial charge in [0.2, 0.25) is 12.1 Å². The van der Waals surface area contributed by atoms with Crippen LogP contribution in [0.5, 0.6) is 0 Å². The number of hydrogen-bond donors (Lipinski definition) is 1. The summed E-state index contributed by atoms with van der Waals surface area (Å²) in [5.74, 6) is -1.99. The van der Waals surface area contributed by atoms with Crippen LogP contribution in [0.3, 0.4) is 0 Å². The average molecular weight is 354 g/mol. The monoisotopic (exact) mass is 353 g/mol. The molecule has 0 saturated carbocycles. The van der Waals surface area contributed by atoms with Crippen LogP contribution in [0.15, 0.2) is 10.1 Å². The van der Waals surface area contributed by atoms with Gasteiger partial charge in [-0.15, -0.1) is 0 Å². The molecule has 112 valence electrons. The molecular formula is C13H16BrN5O2. The van der Waals surface area contributed by atoms with E-state index in [1.165, 1.54) is 0 Å². The van der Waals surface area contributed by atoms with E-state index in [0.717, 1.165) is 0 Å². The van der Waals surface area contributed by atoms with E-state index in [4.69, 9.17) is 10.6 Å². The van der Waals surface area contributed by atoms with Gasteiger partial charge in [0.05, 0.1) is 23.3 Å². The van der Waals surface area contributed by atoms with Crippen LogP contribution in [0.25, 0.3) is 0 Å². The molecule has 1 aliphatic heterocycles. The summed E-state index contributed by atoms with van der Waals surface area (Å²) in [5.41, 5.74) is 3.20. The molecule has 0 aromatic heterocycles. The predicted octanol–water partition coefficient (Wildman–Crippen LogP) is 1.69. The molecule has 3 atom stereocenters. The quantitative estimate of drug-likeness (QED) is 0.611. The zero-order chi connectivity index (χ0) is 16.4. The lowest BCUT2D eigenvalue weighted by Crippen LogP contribution is -2.60. The second kappa shape index (κ2) is 5.82. The normalized spacial score (nSPS) is 30.3. The molecule has 0 spiro atoms. The third-order valence-electron chi connectivity index (χ3n) is 3.57. The standard InChI is InChI=1S/C13H16BrN5O2/c1-7(2)19-21-11-12(3,4)13(6-16,10(17)20)8(5-15)9(14)18-11/h8,11H,1-4H3,(H2,17,20)/t8-,11-,13+/m1/s1. The number of aliphatic imine (C=N–C) groups is 1. The van der Waals surface area contributed by atoms with Crippen LogP contribution in [-0.4, -0.2) is 22.5 Å². The Morgan fingerprint density at radius 1 is 1.48 bits per heavy atom. The average Bonchev–Trinajstić information content (AvgIpc) is 2.37. The summed E-state index contributed by atoms with van der Waals surface area (Å²) in [5, 5.41) is 22.8. The number of nitrogens with two attached hydrogens (primary N) is 1. The highest BCUT2D eigenvalue weighted by molar-refractivity contribution is 9.18. The van der Waals surface area contributed by atoms with Crippen LogP contribution < -0.4 is 5.73 Å². The first kappa shape index (κ1) is 17.1. The van der Waals surface area contributed by atoms with E-state index < -0.39 is 28.9 Å². The molecule has 2 N–H and O–H groups in total. The molecule has 8 heteroatoms. The topological polar surface area (TPSA) is 125 Å². The lowest BCUT2D eigenvalue weighted by atomic mass is 9.57. The highest BCUT2D eigenvalue weighted by Crippen LogP contribution is 2.52. The van der Waals surface area contributed by atoms with Crippen LogP contribution in [0.1, 0.15) is 27.7 Å². The second-order valence-corrected chi connectivity index (χ2v) is 6.33. The lowest BCUT2D eigenvalue weighted by Gasteiger charge is -2.46. The Balaban J connectivity index is 3.54. The first-order valence-electron chi connectivity index (χ1n) is 6.16. The summed E-state index contributed by atoms with van der Waals surface area (Å²) < 4.78 is 0.152. The Labute approximate surface area is 131 Å². The lowest BCUT2D eigenvalue weighted by molar-refractivity contribution is -0.142. The molecule has 7 nitrogen and oxygen atoms in total. The molecule has 0 saturated heterocycles. The fourth-order valence-corrected chi connectivity index (χ4v) is 2.91. The number of carbonyl (C=O) groups excluding carboxylic acids is 1. The van der Waals surface area contributed by atoms with Crippen LogP contribution in [0.4, 0.5) is 0 Å². The molecule has 1 heterocycles. The van der Waals surface area contributed by atoms with Crippen LogP contribution >= 0.6 is 15.9 Å². The van der Waals surface area contributed by atoms with Gasteiger partial charge < -0.3 is 10.6 Å². The molecule has 0 radical (unpaired) electrons. The number of nitriles is 2. The predicted molar refractivity (Wildman–Crippen MR) is 80.1 cm³/mol. The second-order valence-electron chi connectivity index (χ2n) is 5.52.